The van der Waals surface area contributed by atoms with Crippen LogP contribution in [0.3, 0.4) is 0 Å². The highest BCUT2D eigenvalue weighted by Gasteiger charge is 2.49. The number of carbonyl (C=O) groups is 3. The fourth-order valence-corrected chi connectivity index (χ4v) is 6.85. The van der Waals surface area contributed by atoms with Crippen LogP contribution in [0, 0.1) is 10.8 Å². The van der Waals surface area contributed by atoms with Gasteiger partial charge in [-0.15, -0.1) is 0 Å². The van der Waals surface area contributed by atoms with Crippen molar-refractivity contribution in [3.05, 3.63) is 86.2 Å². The molecule has 5 rings (SSSR count). The summed E-state index contributed by atoms with van der Waals surface area (Å²) in [5, 5.41) is 10.6. The van der Waals surface area contributed by atoms with Gasteiger partial charge in [0.1, 0.15) is 12.4 Å². The Morgan fingerprint density at radius 3 is 2.07 bits per heavy atom. The standard InChI is InChI=1S/C33H35Cl2NO5/c1-32(2)14-23-30(25(37)16-32)29(31-24(36(23)12-11-28(39)40)15-33(3,4)17-26(31)38)21-13-20(34)9-10-27(21)41-18-19-7-5-6-8-22(19)35/h5-10,13,29H,11-12,14-18H2,1-4H3,(H,39,40). The topological polar surface area (TPSA) is 83.9 Å². The first kappa shape index (κ1) is 29.4. The van der Waals surface area contributed by atoms with Crippen LogP contribution in [0.5, 0.6) is 5.75 Å². The minimum atomic E-state index is -0.927. The number of benzene rings is 2. The fraction of sp³-hybridized carbons (Fsp3) is 0.424. The molecule has 0 radical (unpaired) electrons. The van der Waals surface area contributed by atoms with Crippen molar-refractivity contribution < 1.29 is 24.2 Å². The first-order valence-electron chi connectivity index (χ1n) is 13.9. The first-order valence-corrected chi connectivity index (χ1v) is 14.7. The van der Waals surface area contributed by atoms with E-state index in [9.17, 15) is 19.5 Å². The van der Waals surface area contributed by atoms with Crippen LogP contribution in [0.2, 0.25) is 10.0 Å². The van der Waals surface area contributed by atoms with Crippen molar-refractivity contribution in [3.63, 3.8) is 0 Å². The third-order valence-electron chi connectivity index (χ3n) is 8.19. The van der Waals surface area contributed by atoms with Gasteiger partial charge in [-0.05, 0) is 47.9 Å². The van der Waals surface area contributed by atoms with Gasteiger partial charge in [-0.25, -0.2) is 0 Å². The zero-order chi connectivity index (χ0) is 29.7. The van der Waals surface area contributed by atoms with Crippen molar-refractivity contribution in [1.29, 1.82) is 0 Å². The number of ether oxygens (including phenoxy) is 1. The number of ketones is 2. The van der Waals surface area contributed by atoms with Crippen molar-refractivity contribution in [2.45, 2.75) is 72.3 Å². The summed E-state index contributed by atoms with van der Waals surface area (Å²) in [6.45, 7) is 8.60. The third-order valence-corrected chi connectivity index (χ3v) is 8.80. The summed E-state index contributed by atoms with van der Waals surface area (Å²) < 4.78 is 6.33. The number of Topliss-reactive ketones (excluding diaryl/α,β-unsaturated/α-hetero) is 2. The molecule has 3 aliphatic rings. The van der Waals surface area contributed by atoms with E-state index in [2.05, 4.69) is 27.7 Å². The third kappa shape index (κ3) is 5.96. The van der Waals surface area contributed by atoms with Gasteiger partial charge in [0, 0.05) is 69.0 Å². The van der Waals surface area contributed by atoms with E-state index in [1.54, 1.807) is 24.3 Å². The summed E-state index contributed by atoms with van der Waals surface area (Å²) in [6.07, 6.45) is 1.73. The number of carboxylic acid groups (broad SMARTS) is 1. The minimum Gasteiger partial charge on any atom is -0.489 e. The summed E-state index contributed by atoms with van der Waals surface area (Å²) in [5.74, 6) is -1.14. The Morgan fingerprint density at radius 2 is 1.51 bits per heavy atom. The molecule has 1 aliphatic heterocycles. The molecule has 0 bridgehead atoms. The van der Waals surface area contributed by atoms with Gasteiger partial charge in [0.15, 0.2) is 11.6 Å². The Balaban J connectivity index is 1.71. The molecule has 0 aromatic heterocycles. The summed E-state index contributed by atoms with van der Waals surface area (Å²) >= 11 is 12.9. The molecular weight excluding hydrogens is 561 g/mol. The minimum absolute atomic E-state index is 0.0391. The van der Waals surface area contributed by atoms with Crippen LogP contribution >= 0.6 is 23.2 Å². The van der Waals surface area contributed by atoms with Crippen LogP contribution < -0.4 is 4.74 Å². The van der Waals surface area contributed by atoms with Gasteiger partial charge in [-0.1, -0.05) is 69.1 Å². The number of halogens is 2. The van der Waals surface area contributed by atoms with Gasteiger partial charge in [0.25, 0.3) is 0 Å². The molecule has 0 unspecified atom stereocenters. The number of carbonyl (C=O) groups excluding carboxylic acids is 2. The number of nitrogens with zero attached hydrogens (tertiary/aromatic N) is 1. The van der Waals surface area contributed by atoms with Crippen LogP contribution in [-0.4, -0.2) is 34.1 Å². The molecular formula is C33H35Cl2NO5. The summed E-state index contributed by atoms with van der Waals surface area (Å²) in [7, 11) is 0. The van der Waals surface area contributed by atoms with Gasteiger partial charge < -0.3 is 14.7 Å². The fourth-order valence-electron chi connectivity index (χ4n) is 6.48. The lowest BCUT2D eigenvalue weighted by Gasteiger charge is -2.49. The molecule has 41 heavy (non-hydrogen) atoms. The van der Waals surface area contributed by atoms with E-state index in [-0.39, 0.29) is 42.0 Å². The van der Waals surface area contributed by atoms with Crippen molar-refractivity contribution in [2.24, 2.45) is 10.8 Å². The molecule has 2 aromatic rings. The second-order valence-electron chi connectivity index (χ2n) is 12.9. The van der Waals surface area contributed by atoms with E-state index in [1.165, 1.54) is 0 Å². The molecule has 2 aromatic carbocycles. The monoisotopic (exact) mass is 595 g/mol. The Bertz CT molecular complexity index is 1450. The molecule has 1 N–H and O–H groups in total. The number of aliphatic carboxylic acids is 1. The average Bonchev–Trinajstić information content (AvgIpc) is 2.85. The molecule has 2 aliphatic carbocycles. The van der Waals surface area contributed by atoms with Crippen LogP contribution in [0.25, 0.3) is 0 Å². The first-order chi connectivity index (χ1) is 19.3. The molecule has 216 valence electrons. The molecule has 6 nitrogen and oxygen atoms in total. The van der Waals surface area contributed by atoms with E-state index in [0.717, 1.165) is 17.0 Å². The molecule has 1 heterocycles. The highest BCUT2D eigenvalue weighted by molar-refractivity contribution is 6.31. The summed E-state index contributed by atoms with van der Waals surface area (Å²) in [4.78, 5) is 41.7. The number of allylic oxidation sites excluding steroid dienone is 4. The Labute approximate surface area is 251 Å². The van der Waals surface area contributed by atoms with Crippen LogP contribution in [-0.2, 0) is 21.0 Å². The van der Waals surface area contributed by atoms with Crippen molar-refractivity contribution in [1.82, 2.24) is 4.90 Å². The normalized spacial score (nSPS) is 20.2. The Morgan fingerprint density at radius 1 is 0.927 bits per heavy atom. The van der Waals surface area contributed by atoms with Gasteiger partial charge in [0.2, 0.25) is 0 Å². The zero-order valence-electron chi connectivity index (χ0n) is 23.9. The van der Waals surface area contributed by atoms with Crippen LogP contribution in [0.1, 0.15) is 76.8 Å². The smallest absolute Gasteiger partial charge is 0.305 e. The molecule has 0 saturated carbocycles. The predicted octanol–water partition coefficient (Wildman–Crippen LogP) is 7.73. The van der Waals surface area contributed by atoms with E-state index >= 15 is 0 Å². The summed E-state index contributed by atoms with van der Waals surface area (Å²) in [5.41, 5.74) is 3.54. The molecule has 0 atom stereocenters. The maximum absolute atomic E-state index is 14.0. The highest BCUT2D eigenvalue weighted by atomic mass is 35.5. The van der Waals surface area contributed by atoms with Crippen molar-refractivity contribution in [3.8, 4) is 5.75 Å². The predicted molar refractivity (Wildman–Crippen MR) is 159 cm³/mol. The Hall–Kier alpha value is -3.09. The van der Waals surface area contributed by atoms with E-state index < -0.39 is 11.9 Å². The maximum Gasteiger partial charge on any atom is 0.305 e. The van der Waals surface area contributed by atoms with Crippen molar-refractivity contribution >= 4 is 40.7 Å². The lowest BCUT2D eigenvalue weighted by atomic mass is 9.63. The van der Waals surface area contributed by atoms with Gasteiger partial charge in [0.05, 0.1) is 6.42 Å². The second kappa shape index (κ2) is 11.0. The number of hydrogen-bond donors (Lipinski definition) is 1. The van der Waals surface area contributed by atoms with E-state index in [4.69, 9.17) is 27.9 Å². The lowest BCUT2D eigenvalue weighted by molar-refractivity contribution is -0.137. The number of hydrogen-bond acceptors (Lipinski definition) is 5. The van der Waals surface area contributed by atoms with Gasteiger partial charge in [-0.2, -0.15) is 0 Å². The second-order valence-corrected chi connectivity index (χ2v) is 13.7. The van der Waals surface area contributed by atoms with E-state index in [0.29, 0.717) is 58.2 Å². The van der Waals surface area contributed by atoms with Gasteiger partial charge >= 0.3 is 5.97 Å². The quantitative estimate of drug-likeness (QED) is 0.352. The lowest BCUT2D eigenvalue weighted by Crippen LogP contribution is -2.45. The highest BCUT2D eigenvalue weighted by Crippen LogP contribution is 2.55. The average molecular weight is 597 g/mol. The SMILES string of the molecule is CC1(C)CC(=O)C2=C(C1)N(CCC(=O)O)C1=C(C(=O)CC(C)(C)C1)C2c1cc(Cl)ccc1OCc1ccccc1Cl. The molecule has 0 amide bonds. The van der Waals surface area contributed by atoms with Crippen molar-refractivity contribution in [2.75, 3.05) is 6.54 Å². The number of carboxylic acids is 1. The largest absolute Gasteiger partial charge is 0.489 e. The Kier molecular flexibility index (Phi) is 7.86. The maximum atomic E-state index is 14.0. The summed E-state index contributed by atoms with van der Waals surface area (Å²) in [6, 6.07) is 12.7. The van der Waals surface area contributed by atoms with E-state index in [1.807, 2.05) is 23.1 Å². The zero-order valence-corrected chi connectivity index (χ0v) is 25.4. The van der Waals surface area contributed by atoms with Gasteiger partial charge in [-0.3, -0.25) is 14.4 Å². The molecule has 0 saturated heterocycles. The van der Waals surface area contributed by atoms with Crippen LogP contribution in [0.15, 0.2) is 65.0 Å². The molecule has 8 heteroatoms. The molecule has 0 fully saturated rings. The number of rotatable bonds is 7. The van der Waals surface area contributed by atoms with Crippen LogP contribution in [0.4, 0.5) is 0 Å². The molecule has 0 spiro atoms.